The molecule has 3 heteroatoms. The van der Waals surface area contributed by atoms with Crippen molar-refractivity contribution in [1.29, 1.82) is 0 Å². The number of aryl methyl sites for hydroxylation is 2. The van der Waals surface area contributed by atoms with Crippen molar-refractivity contribution in [2.45, 2.75) is 57.4 Å². The normalized spacial score (nSPS) is 25.7. The quantitative estimate of drug-likeness (QED) is 0.584. The molecule has 156 valence electrons. The van der Waals surface area contributed by atoms with E-state index in [2.05, 4.69) is 54.3 Å². The number of benzene rings is 2. The fourth-order valence-corrected chi connectivity index (χ4v) is 6.07. The molecule has 31 heavy (non-hydrogen) atoms. The zero-order valence-electron chi connectivity index (χ0n) is 18.4. The average molecular weight is 409 g/mol. The molecule has 2 aromatic rings. The maximum atomic E-state index is 13.9. The summed E-state index contributed by atoms with van der Waals surface area (Å²) in [5.41, 5.74) is 5.29. The van der Waals surface area contributed by atoms with Crippen molar-refractivity contribution in [2.24, 2.45) is 16.3 Å². The van der Waals surface area contributed by atoms with Gasteiger partial charge in [-0.2, -0.15) is 0 Å². The summed E-state index contributed by atoms with van der Waals surface area (Å²) in [5.74, 6) is 8.29. The Balaban J connectivity index is 1.50. The summed E-state index contributed by atoms with van der Waals surface area (Å²) in [6.45, 7) is 1.97. The molecular weight excluding hydrogens is 380 g/mol. The Morgan fingerprint density at radius 1 is 1.03 bits per heavy atom. The van der Waals surface area contributed by atoms with Gasteiger partial charge in [0.05, 0.1) is 0 Å². The largest absolute Gasteiger partial charge is 0.302 e. The zero-order chi connectivity index (χ0) is 21.2. The maximum Gasteiger partial charge on any atom is 0.260 e. The van der Waals surface area contributed by atoms with Crippen LogP contribution in [0.15, 0.2) is 47.5 Å². The van der Waals surface area contributed by atoms with E-state index >= 15 is 0 Å². The van der Waals surface area contributed by atoms with Gasteiger partial charge in [-0.25, -0.2) is 0 Å². The third-order valence-electron chi connectivity index (χ3n) is 8.09. The number of amides is 1. The molecule has 2 spiro atoms. The van der Waals surface area contributed by atoms with E-state index in [1.54, 1.807) is 4.90 Å². The van der Waals surface area contributed by atoms with Crippen molar-refractivity contribution < 1.29 is 4.79 Å². The first-order chi connectivity index (χ1) is 15.0. The molecule has 0 radical (unpaired) electrons. The lowest BCUT2D eigenvalue weighted by molar-refractivity contribution is -0.135. The highest BCUT2D eigenvalue weighted by atomic mass is 16.2. The molecule has 1 aliphatic heterocycles. The van der Waals surface area contributed by atoms with Crippen LogP contribution in [-0.4, -0.2) is 23.7 Å². The number of rotatable bonds is 0. The Bertz CT molecular complexity index is 1170. The number of fused-ring (bicyclic) bond motifs is 4. The summed E-state index contributed by atoms with van der Waals surface area (Å²) < 4.78 is 0. The van der Waals surface area contributed by atoms with Crippen LogP contribution in [0.2, 0.25) is 0 Å². The van der Waals surface area contributed by atoms with Gasteiger partial charge in [0.2, 0.25) is 0 Å². The third-order valence-corrected chi connectivity index (χ3v) is 8.09. The van der Waals surface area contributed by atoms with Crippen LogP contribution in [0.1, 0.15) is 60.4 Å². The van der Waals surface area contributed by atoms with E-state index in [0.717, 1.165) is 49.1 Å². The minimum atomic E-state index is -0.805. The lowest BCUT2D eigenvalue weighted by Gasteiger charge is -2.40. The third kappa shape index (κ3) is 2.67. The molecule has 6 rings (SSSR count). The number of carbonyl (C=O) groups excluding carboxylic acids is 1. The Labute approximate surface area is 184 Å². The summed E-state index contributed by atoms with van der Waals surface area (Å²) in [5, 5.41) is 0. The molecule has 1 fully saturated rings. The molecule has 0 N–H and O–H groups in total. The first-order valence-corrected chi connectivity index (χ1v) is 11.6. The van der Waals surface area contributed by atoms with Gasteiger partial charge in [-0.15, -0.1) is 0 Å². The van der Waals surface area contributed by atoms with Crippen LogP contribution in [0.5, 0.6) is 0 Å². The van der Waals surface area contributed by atoms with Gasteiger partial charge in [0.15, 0.2) is 5.54 Å². The van der Waals surface area contributed by atoms with Crippen LogP contribution in [0.25, 0.3) is 0 Å². The second kappa shape index (κ2) is 6.57. The van der Waals surface area contributed by atoms with E-state index in [1.807, 2.05) is 14.0 Å². The molecular formula is C28H28N2O. The summed E-state index contributed by atoms with van der Waals surface area (Å²) in [6.07, 6.45) is 7.34. The minimum Gasteiger partial charge on any atom is -0.302 e. The Morgan fingerprint density at radius 2 is 1.74 bits per heavy atom. The average Bonchev–Trinajstić information content (AvgIpc) is 3.56. The Kier molecular flexibility index (Phi) is 4.00. The topological polar surface area (TPSA) is 32.7 Å². The van der Waals surface area contributed by atoms with Gasteiger partial charge in [0.25, 0.3) is 5.91 Å². The van der Waals surface area contributed by atoms with E-state index < -0.39 is 5.54 Å². The zero-order valence-corrected chi connectivity index (χ0v) is 18.4. The molecule has 1 atom stereocenters. The van der Waals surface area contributed by atoms with E-state index in [4.69, 9.17) is 4.99 Å². The fourth-order valence-electron chi connectivity index (χ4n) is 6.07. The number of likely N-dealkylation sites (N-methyl/N-ethyl adjacent to an activating group) is 1. The van der Waals surface area contributed by atoms with Crippen molar-refractivity contribution in [1.82, 2.24) is 4.90 Å². The standard InChI is InChI=1S/C28H28N2O/c1-19-29-28(26(31)30(19)2)25-17-21(10-9-20-7-8-20)11-12-24(25)18-27(28)15-13-22-5-3-4-6-23(22)14-16-27/h3-6,11-12,17,20H,7-8,13-16,18H2,1-2H3. The Hall–Kier alpha value is -2.86. The molecule has 1 saturated carbocycles. The van der Waals surface area contributed by atoms with Crippen LogP contribution in [0.4, 0.5) is 0 Å². The van der Waals surface area contributed by atoms with E-state index in [1.165, 1.54) is 29.5 Å². The molecule has 1 amide bonds. The summed E-state index contributed by atoms with van der Waals surface area (Å²) in [7, 11) is 1.88. The van der Waals surface area contributed by atoms with E-state index in [-0.39, 0.29) is 11.3 Å². The van der Waals surface area contributed by atoms with Crippen molar-refractivity contribution in [2.75, 3.05) is 7.05 Å². The maximum absolute atomic E-state index is 13.9. The number of carbonyl (C=O) groups is 1. The first-order valence-electron chi connectivity index (χ1n) is 11.6. The fraction of sp³-hybridized carbons (Fsp3) is 0.429. The van der Waals surface area contributed by atoms with Crippen LogP contribution >= 0.6 is 0 Å². The van der Waals surface area contributed by atoms with Crippen molar-refractivity contribution >= 4 is 11.7 Å². The van der Waals surface area contributed by atoms with Crippen molar-refractivity contribution in [3.05, 3.63) is 70.3 Å². The summed E-state index contributed by atoms with van der Waals surface area (Å²) in [4.78, 5) is 20.9. The second-order valence-electron chi connectivity index (χ2n) is 9.87. The molecule has 1 unspecified atom stereocenters. The van der Waals surface area contributed by atoms with Crippen molar-refractivity contribution in [3.8, 4) is 11.8 Å². The highest BCUT2D eigenvalue weighted by Crippen LogP contribution is 2.60. The second-order valence-corrected chi connectivity index (χ2v) is 9.87. The van der Waals surface area contributed by atoms with Crippen LogP contribution in [-0.2, 0) is 29.6 Å². The highest BCUT2D eigenvalue weighted by Gasteiger charge is 2.65. The SMILES string of the molecule is CC1=NC2(C(=O)N1C)c1cc(C#CC3CC3)ccc1CC21CCc2ccccc2CC1. The van der Waals surface area contributed by atoms with Gasteiger partial charge in [0, 0.05) is 23.9 Å². The van der Waals surface area contributed by atoms with Crippen LogP contribution in [0, 0.1) is 23.2 Å². The van der Waals surface area contributed by atoms with Gasteiger partial charge in [-0.3, -0.25) is 9.79 Å². The van der Waals surface area contributed by atoms with E-state index in [9.17, 15) is 4.79 Å². The number of nitrogens with zero attached hydrogens (tertiary/aromatic N) is 2. The summed E-state index contributed by atoms with van der Waals surface area (Å²) >= 11 is 0. The lowest BCUT2D eigenvalue weighted by Crippen LogP contribution is -2.49. The van der Waals surface area contributed by atoms with Gasteiger partial charge >= 0.3 is 0 Å². The summed E-state index contributed by atoms with van der Waals surface area (Å²) in [6, 6.07) is 15.3. The lowest BCUT2D eigenvalue weighted by atomic mass is 9.65. The van der Waals surface area contributed by atoms with E-state index in [0.29, 0.717) is 5.92 Å². The molecule has 3 nitrogen and oxygen atoms in total. The molecule has 4 aliphatic rings. The molecule has 0 bridgehead atoms. The number of amidine groups is 1. The number of aliphatic imine (C=N–C) groups is 1. The molecule has 2 aromatic carbocycles. The van der Waals surface area contributed by atoms with Crippen LogP contribution < -0.4 is 0 Å². The number of hydrogen-bond acceptors (Lipinski definition) is 2. The molecule has 3 aliphatic carbocycles. The monoisotopic (exact) mass is 408 g/mol. The highest BCUT2D eigenvalue weighted by molar-refractivity contribution is 6.08. The predicted molar refractivity (Wildman–Crippen MR) is 123 cm³/mol. The van der Waals surface area contributed by atoms with Gasteiger partial charge in [-0.1, -0.05) is 42.2 Å². The van der Waals surface area contributed by atoms with Crippen LogP contribution in [0.3, 0.4) is 0 Å². The minimum absolute atomic E-state index is 0.141. The van der Waals surface area contributed by atoms with Gasteiger partial charge in [-0.05, 0) is 86.3 Å². The van der Waals surface area contributed by atoms with Gasteiger partial charge < -0.3 is 4.90 Å². The molecule has 1 heterocycles. The van der Waals surface area contributed by atoms with Gasteiger partial charge in [0.1, 0.15) is 5.84 Å². The predicted octanol–water partition coefficient (Wildman–Crippen LogP) is 4.66. The molecule has 0 aromatic heterocycles. The number of hydrogen-bond donors (Lipinski definition) is 0. The smallest absolute Gasteiger partial charge is 0.260 e. The van der Waals surface area contributed by atoms with Crippen molar-refractivity contribution in [3.63, 3.8) is 0 Å². The molecule has 0 saturated heterocycles. The first kappa shape index (κ1) is 18.9. The Morgan fingerprint density at radius 3 is 2.35 bits per heavy atom.